The predicted octanol–water partition coefficient (Wildman–Crippen LogP) is 0.381. The van der Waals surface area contributed by atoms with E-state index in [0.29, 0.717) is 6.04 Å². The number of H-pyrrole nitrogens is 1. The highest BCUT2D eigenvalue weighted by Crippen LogP contribution is 2.35. The standard InChI is InChI=1S/C8H13N3O2S/c12-4-1-5-14-8-10-9-7(13)11(8)6-2-3-6/h6,12H,1-5H2,(H,9,13). The molecule has 2 rings (SSSR count). The summed E-state index contributed by atoms with van der Waals surface area (Å²) in [5.74, 6) is 0.799. The van der Waals surface area contributed by atoms with Gasteiger partial charge in [-0.25, -0.2) is 9.89 Å². The lowest BCUT2D eigenvalue weighted by atomic mass is 10.5. The molecule has 1 heterocycles. The first-order valence-electron chi connectivity index (χ1n) is 4.73. The van der Waals surface area contributed by atoms with Gasteiger partial charge in [-0.05, 0) is 19.3 Å². The van der Waals surface area contributed by atoms with Gasteiger partial charge in [-0.1, -0.05) is 11.8 Å². The van der Waals surface area contributed by atoms with Gasteiger partial charge in [0.05, 0.1) is 0 Å². The van der Waals surface area contributed by atoms with Gasteiger partial charge in [-0.3, -0.25) is 4.57 Å². The van der Waals surface area contributed by atoms with Crippen LogP contribution in [0.5, 0.6) is 0 Å². The first kappa shape index (κ1) is 9.79. The van der Waals surface area contributed by atoms with Crippen LogP contribution in [0.4, 0.5) is 0 Å². The van der Waals surface area contributed by atoms with Gasteiger partial charge in [0.25, 0.3) is 0 Å². The summed E-state index contributed by atoms with van der Waals surface area (Å²) in [6, 6.07) is 0.359. The second kappa shape index (κ2) is 4.18. The van der Waals surface area contributed by atoms with Crippen molar-refractivity contribution in [2.24, 2.45) is 0 Å². The van der Waals surface area contributed by atoms with Gasteiger partial charge >= 0.3 is 5.69 Å². The molecule has 1 aromatic heterocycles. The summed E-state index contributed by atoms with van der Waals surface area (Å²) in [6.45, 7) is 0.186. The average Bonchev–Trinajstić information content (AvgIpc) is 2.93. The van der Waals surface area contributed by atoms with Crippen LogP contribution in [0.25, 0.3) is 0 Å². The monoisotopic (exact) mass is 215 g/mol. The summed E-state index contributed by atoms with van der Waals surface area (Å²) >= 11 is 1.52. The zero-order chi connectivity index (χ0) is 9.97. The summed E-state index contributed by atoms with van der Waals surface area (Å²) in [4.78, 5) is 11.3. The molecule has 2 N–H and O–H groups in total. The minimum absolute atomic E-state index is 0.112. The third-order valence-corrected chi connectivity index (χ3v) is 3.16. The van der Waals surface area contributed by atoms with Crippen LogP contribution in [0.2, 0.25) is 0 Å². The molecule has 14 heavy (non-hydrogen) atoms. The highest BCUT2D eigenvalue weighted by atomic mass is 32.2. The van der Waals surface area contributed by atoms with E-state index in [1.807, 2.05) is 0 Å². The number of aliphatic hydroxyl groups excluding tert-OH is 1. The minimum Gasteiger partial charge on any atom is -0.396 e. The van der Waals surface area contributed by atoms with E-state index in [9.17, 15) is 4.79 Å². The van der Waals surface area contributed by atoms with Gasteiger partial charge in [-0.2, -0.15) is 0 Å². The number of nitrogens with one attached hydrogen (secondary N) is 1. The second-order valence-corrected chi connectivity index (χ2v) is 4.40. The van der Waals surface area contributed by atoms with Crippen molar-refractivity contribution < 1.29 is 5.11 Å². The Kier molecular flexibility index (Phi) is 2.93. The number of aliphatic hydroxyl groups is 1. The molecule has 0 amide bonds. The first-order chi connectivity index (χ1) is 6.83. The van der Waals surface area contributed by atoms with Crippen molar-refractivity contribution in [2.75, 3.05) is 12.4 Å². The van der Waals surface area contributed by atoms with Crippen LogP contribution >= 0.6 is 11.8 Å². The lowest BCUT2D eigenvalue weighted by Gasteiger charge is -2.01. The molecule has 0 spiro atoms. The van der Waals surface area contributed by atoms with Crippen LogP contribution in [0, 0.1) is 0 Å². The molecule has 0 atom stereocenters. The van der Waals surface area contributed by atoms with E-state index in [1.165, 1.54) is 11.8 Å². The van der Waals surface area contributed by atoms with E-state index in [4.69, 9.17) is 5.11 Å². The maximum Gasteiger partial charge on any atom is 0.344 e. The van der Waals surface area contributed by atoms with E-state index in [0.717, 1.165) is 30.2 Å². The number of aromatic nitrogens is 3. The average molecular weight is 215 g/mol. The maximum atomic E-state index is 11.3. The Balaban J connectivity index is 2.05. The van der Waals surface area contributed by atoms with Crippen LogP contribution < -0.4 is 5.69 Å². The summed E-state index contributed by atoms with van der Waals surface area (Å²) in [5.41, 5.74) is -0.112. The van der Waals surface area contributed by atoms with E-state index in [1.54, 1.807) is 4.57 Å². The molecule has 0 bridgehead atoms. The fourth-order valence-electron chi connectivity index (χ4n) is 1.27. The molecule has 6 heteroatoms. The highest BCUT2D eigenvalue weighted by Gasteiger charge is 2.28. The molecule has 0 unspecified atom stereocenters. The van der Waals surface area contributed by atoms with Crippen molar-refractivity contribution in [1.29, 1.82) is 0 Å². The SMILES string of the molecule is O=c1[nH]nc(SCCCO)n1C1CC1. The zero-order valence-corrected chi connectivity index (χ0v) is 8.59. The van der Waals surface area contributed by atoms with Gasteiger partial charge in [0.1, 0.15) is 0 Å². The van der Waals surface area contributed by atoms with E-state index >= 15 is 0 Å². The lowest BCUT2D eigenvalue weighted by molar-refractivity contribution is 0.296. The summed E-state index contributed by atoms with van der Waals surface area (Å²) in [6.07, 6.45) is 2.89. The topological polar surface area (TPSA) is 70.9 Å². The molecule has 1 saturated carbocycles. The second-order valence-electron chi connectivity index (χ2n) is 3.34. The van der Waals surface area contributed by atoms with Crippen molar-refractivity contribution in [3.63, 3.8) is 0 Å². The molecule has 1 aromatic rings. The number of thioether (sulfide) groups is 1. The molecule has 78 valence electrons. The largest absolute Gasteiger partial charge is 0.396 e. The third-order valence-electron chi connectivity index (χ3n) is 2.12. The fourth-order valence-corrected chi connectivity index (χ4v) is 2.21. The van der Waals surface area contributed by atoms with Crippen LogP contribution in [0.3, 0.4) is 0 Å². The predicted molar refractivity (Wildman–Crippen MR) is 53.5 cm³/mol. The van der Waals surface area contributed by atoms with Crippen LogP contribution in [0.15, 0.2) is 9.95 Å². The summed E-state index contributed by atoms with van der Waals surface area (Å²) in [5, 5.41) is 15.8. The van der Waals surface area contributed by atoms with Gasteiger partial charge < -0.3 is 5.11 Å². The maximum absolute atomic E-state index is 11.3. The van der Waals surface area contributed by atoms with Gasteiger partial charge in [0, 0.05) is 18.4 Å². The first-order valence-corrected chi connectivity index (χ1v) is 5.72. The Bertz CT molecular complexity index is 356. The highest BCUT2D eigenvalue weighted by molar-refractivity contribution is 7.99. The fraction of sp³-hybridized carbons (Fsp3) is 0.750. The van der Waals surface area contributed by atoms with E-state index in [-0.39, 0.29) is 12.3 Å². The number of nitrogens with zero attached hydrogens (tertiary/aromatic N) is 2. The van der Waals surface area contributed by atoms with E-state index in [2.05, 4.69) is 10.2 Å². The van der Waals surface area contributed by atoms with Crippen molar-refractivity contribution in [3.05, 3.63) is 10.5 Å². The number of rotatable bonds is 5. The smallest absolute Gasteiger partial charge is 0.344 e. The number of hydrogen-bond acceptors (Lipinski definition) is 4. The van der Waals surface area contributed by atoms with Crippen molar-refractivity contribution >= 4 is 11.8 Å². The molecule has 0 radical (unpaired) electrons. The Morgan fingerprint density at radius 2 is 2.43 bits per heavy atom. The van der Waals surface area contributed by atoms with Gasteiger partial charge in [0.2, 0.25) is 0 Å². The normalized spacial score (nSPS) is 16.1. The quantitative estimate of drug-likeness (QED) is 0.550. The van der Waals surface area contributed by atoms with Crippen molar-refractivity contribution in [3.8, 4) is 0 Å². The van der Waals surface area contributed by atoms with Crippen molar-refractivity contribution in [2.45, 2.75) is 30.5 Å². The third kappa shape index (κ3) is 2.01. The van der Waals surface area contributed by atoms with Crippen LogP contribution in [0.1, 0.15) is 25.3 Å². The molecular weight excluding hydrogens is 202 g/mol. The molecule has 0 saturated heterocycles. The zero-order valence-electron chi connectivity index (χ0n) is 7.77. The van der Waals surface area contributed by atoms with Crippen LogP contribution in [-0.4, -0.2) is 32.2 Å². The Morgan fingerprint density at radius 1 is 1.64 bits per heavy atom. The Hall–Kier alpha value is -0.750. The van der Waals surface area contributed by atoms with Gasteiger partial charge in [-0.15, -0.1) is 5.10 Å². The molecular formula is C8H13N3O2S. The van der Waals surface area contributed by atoms with Crippen molar-refractivity contribution in [1.82, 2.24) is 14.8 Å². The number of hydrogen-bond donors (Lipinski definition) is 2. The Labute approximate surface area is 85.5 Å². The molecule has 1 aliphatic carbocycles. The molecule has 0 aliphatic heterocycles. The molecule has 5 nitrogen and oxygen atoms in total. The molecule has 1 aliphatic rings. The Morgan fingerprint density at radius 3 is 3.07 bits per heavy atom. The summed E-state index contributed by atoms with van der Waals surface area (Å²) < 4.78 is 1.72. The van der Waals surface area contributed by atoms with E-state index < -0.39 is 0 Å². The molecule has 1 fully saturated rings. The number of aromatic amines is 1. The molecule has 0 aromatic carbocycles. The van der Waals surface area contributed by atoms with Crippen LogP contribution in [-0.2, 0) is 0 Å². The lowest BCUT2D eigenvalue weighted by Crippen LogP contribution is -2.16. The van der Waals surface area contributed by atoms with Gasteiger partial charge in [0.15, 0.2) is 5.16 Å². The summed E-state index contributed by atoms with van der Waals surface area (Å²) in [7, 11) is 0. The minimum atomic E-state index is -0.112.